The fraction of sp³-hybridized carbons (Fsp3) is 0.448. The average molecular weight is 505 g/mol. The molecule has 4 rings (SSSR count). The average Bonchev–Trinajstić information content (AvgIpc) is 3.63. The maximum atomic E-state index is 12.9. The standard InChI is InChI=1S/C29H36N4O4/c30-27(32-29(36)37-20-23-9-2-1-3-10-23)24-15-12-22(13-16-24)19-31-28(35)25-11-6-18-33(25)26(34)17-14-21-7-4-5-8-21/h1-3,9-10,12-13,15-16,21,25H,4-8,11,14,17-20H2,(H,31,35)(H2,30,32,36)/t25-/m0/s1. The van der Waals surface area contributed by atoms with Gasteiger partial charge in [0.1, 0.15) is 18.5 Å². The zero-order chi connectivity index (χ0) is 26.0. The van der Waals surface area contributed by atoms with E-state index in [0.29, 0.717) is 37.4 Å². The fourth-order valence-corrected chi connectivity index (χ4v) is 5.12. The van der Waals surface area contributed by atoms with Gasteiger partial charge in [-0.2, -0.15) is 4.99 Å². The van der Waals surface area contributed by atoms with Crippen LogP contribution in [0.2, 0.25) is 0 Å². The molecule has 1 heterocycles. The summed E-state index contributed by atoms with van der Waals surface area (Å²) in [5.41, 5.74) is 8.30. The topological polar surface area (TPSA) is 114 Å². The summed E-state index contributed by atoms with van der Waals surface area (Å²) < 4.78 is 5.14. The molecule has 2 aliphatic rings. The summed E-state index contributed by atoms with van der Waals surface area (Å²) in [7, 11) is 0. The zero-order valence-corrected chi connectivity index (χ0v) is 21.2. The number of amides is 3. The number of nitrogens with zero attached hydrogens (tertiary/aromatic N) is 2. The van der Waals surface area contributed by atoms with E-state index in [4.69, 9.17) is 10.5 Å². The molecule has 0 radical (unpaired) electrons. The lowest BCUT2D eigenvalue weighted by molar-refractivity contribution is -0.138. The Hall–Kier alpha value is -3.68. The quantitative estimate of drug-likeness (QED) is 0.390. The van der Waals surface area contributed by atoms with Gasteiger partial charge in [-0.15, -0.1) is 0 Å². The van der Waals surface area contributed by atoms with Gasteiger partial charge in [-0.25, -0.2) is 4.79 Å². The molecule has 0 bridgehead atoms. The highest BCUT2D eigenvalue weighted by molar-refractivity contribution is 6.02. The summed E-state index contributed by atoms with van der Waals surface area (Å²) in [6, 6.07) is 16.1. The van der Waals surface area contributed by atoms with Crippen LogP contribution in [0.5, 0.6) is 0 Å². The predicted octanol–water partition coefficient (Wildman–Crippen LogP) is 4.31. The lowest BCUT2D eigenvalue weighted by Crippen LogP contribution is -2.45. The molecule has 2 aromatic carbocycles. The number of amidine groups is 1. The van der Waals surface area contributed by atoms with E-state index in [0.717, 1.165) is 24.0 Å². The first-order chi connectivity index (χ1) is 18.0. The number of nitrogens with one attached hydrogen (secondary N) is 1. The summed E-state index contributed by atoms with van der Waals surface area (Å²) >= 11 is 0. The van der Waals surface area contributed by atoms with Gasteiger partial charge in [0.05, 0.1) is 0 Å². The normalized spacial score (nSPS) is 18.1. The largest absolute Gasteiger partial charge is 0.443 e. The first-order valence-electron chi connectivity index (χ1n) is 13.2. The van der Waals surface area contributed by atoms with Crippen molar-refractivity contribution in [1.29, 1.82) is 0 Å². The summed E-state index contributed by atoms with van der Waals surface area (Å²) in [6.07, 6.45) is 7.28. The number of hydrogen-bond donors (Lipinski definition) is 2. The van der Waals surface area contributed by atoms with E-state index in [1.807, 2.05) is 42.5 Å². The Bertz CT molecular complexity index is 1090. The summed E-state index contributed by atoms with van der Waals surface area (Å²) in [5.74, 6) is 0.719. The van der Waals surface area contributed by atoms with Crippen LogP contribution in [0, 0.1) is 5.92 Å². The number of benzene rings is 2. The number of likely N-dealkylation sites (tertiary alicyclic amines) is 1. The van der Waals surface area contributed by atoms with Crippen LogP contribution in [0.25, 0.3) is 0 Å². The van der Waals surface area contributed by atoms with Crippen LogP contribution in [0.15, 0.2) is 59.6 Å². The second kappa shape index (κ2) is 13.0. The Morgan fingerprint density at radius 1 is 0.946 bits per heavy atom. The Morgan fingerprint density at radius 3 is 2.41 bits per heavy atom. The molecule has 2 fully saturated rings. The van der Waals surface area contributed by atoms with Gasteiger partial charge in [0.15, 0.2) is 0 Å². The summed E-state index contributed by atoms with van der Waals surface area (Å²) in [6.45, 7) is 1.12. The van der Waals surface area contributed by atoms with Crippen LogP contribution in [0.1, 0.15) is 68.1 Å². The second-order valence-corrected chi connectivity index (χ2v) is 9.89. The number of ether oxygens (including phenoxy) is 1. The molecule has 3 N–H and O–H groups in total. The minimum atomic E-state index is -0.753. The number of nitrogens with two attached hydrogens (primary N) is 1. The minimum absolute atomic E-state index is 0.0614. The molecule has 1 saturated carbocycles. The van der Waals surface area contributed by atoms with Crippen LogP contribution in [-0.2, 0) is 27.5 Å². The predicted molar refractivity (Wildman–Crippen MR) is 142 cm³/mol. The van der Waals surface area contributed by atoms with Gasteiger partial charge in [0.25, 0.3) is 0 Å². The maximum Gasteiger partial charge on any atom is 0.435 e. The number of hydrogen-bond acceptors (Lipinski definition) is 4. The molecule has 1 aliphatic heterocycles. The summed E-state index contributed by atoms with van der Waals surface area (Å²) in [4.78, 5) is 43.2. The first-order valence-corrected chi connectivity index (χ1v) is 13.2. The zero-order valence-electron chi connectivity index (χ0n) is 21.2. The molecule has 8 heteroatoms. The van der Waals surface area contributed by atoms with Crippen LogP contribution in [0.4, 0.5) is 4.79 Å². The molecule has 8 nitrogen and oxygen atoms in total. The van der Waals surface area contributed by atoms with Crippen molar-refractivity contribution in [2.24, 2.45) is 16.6 Å². The second-order valence-electron chi connectivity index (χ2n) is 9.89. The molecule has 3 amide bonds. The smallest absolute Gasteiger partial charge is 0.435 e. The molecular formula is C29H36N4O4. The molecular weight excluding hydrogens is 468 g/mol. The minimum Gasteiger partial charge on any atom is -0.443 e. The van der Waals surface area contributed by atoms with E-state index in [9.17, 15) is 14.4 Å². The molecule has 0 unspecified atom stereocenters. The Balaban J connectivity index is 1.23. The molecule has 0 aromatic heterocycles. The van der Waals surface area contributed by atoms with Crippen LogP contribution < -0.4 is 11.1 Å². The van der Waals surface area contributed by atoms with E-state index >= 15 is 0 Å². The molecule has 1 aliphatic carbocycles. The molecule has 37 heavy (non-hydrogen) atoms. The van der Waals surface area contributed by atoms with Gasteiger partial charge in [-0.3, -0.25) is 9.59 Å². The van der Waals surface area contributed by atoms with Gasteiger partial charge in [0.2, 0.25) is 11.8 Å². The number of carbonyl (C=O) groups excluding carboxylic acids is 3. The van der Waals surface area contributed by atoms with Crippen molar-refractivity contribution in [1.82, 2.24) is 10.2 Å². The lowest BCUT2D eigenvalue weighted by Gasteiger charge is -2.24. The van der Waals surface area contributed by atoms with E-state index in [-0.39, 0.29) is 30.3 Å². The van der Waals surface area contributed by atoms with Crippen molar-refractivity contribution in [2.45, 2.75) is 70.6 Å². The first kappa shape index (κ1) is 26.4. The third-order valence-corrected chi connectivity index (χ3v) is 7.25. The van der Waals surface area contributed by atoms with Crippen molar-refractivity contribution in [2.75, 3.05) is 6.54 Å². The lowest BCUT2D eigenvalue weighted by atomic mass is 10.0. The number of rotatable bonds is 9. The van der Waals surface area contributed by atoms with Crippen LogP contribution in [-0.4, -0.2) is 41.2 Å². The third-order valence-electron chi connectivity index (χ3n) is 7.25. The fourth-order valence-electron chi connectivity index (χ4n) is 5.12. The monoisotopic (exact) mass is 504 g/mol. The van der Waals surface area contributed by atoms with Gasteiger partial charge in [0, 0.05) is 25.1 Å². The van der Waals surface area contributed by atoms with Crippen LogP contribution >= 0.6 is 0 Å². The highest BCUT2D eigenvalue weighted by Gasteiger charge is 2.34. The highest BCUT2D eigenvalue weighted by atomic mass is 16.5. The summed E-state index contributed by atoms with van der Waals surface area (Å²) in [5, 5.41) is 2.97. The van der Waals surface area contributed by atoms with E-state index < -0.39 is 6.09 Å². The van der Waals surface area contributed by atoms with E-state index in [1.165, 1.54) is 25.7 Å². The Morgan fingerprint density at radius 2 is 1.68 bits per heavy atom. The highest BCUT2D eigenvalue weighted by Crippen LogP contribution is 2.29. The number of aliphatic imine (C=N–C) groups is 1. The van der Waals surface area contributed by atoms with Crippen molar-refractivity contribution in [3.05, 3.63) is 71.3 Å². The Labute approximate surface area is 218 Å². The van der Waals surface area contributed by atoms with Crippen molar-refractivity contribution in [3.63, 3.8) is 0 Å². The van der Waals surface area contributed by atoms with Gasteiger partial charge in [-0.1, -0.05) is 80.3 Å². The SMILES string of the molecule is N/C(=N\C(=O)OCc1ccccc1)c1ccc(CNC(=O)[C@@H]2CCCN2C(=O)CCC2CCCC2)cc1. The third kappa shape index (κ3) is 7.65. The molecule has 1 saturated heterocycles. The number of carbonyl (C=O) groups is 3. The van der Waals surface area contributed by atoms with Crippen LogP contribution in [0.3, 0.4) is 0 Å². The Kier molecular flexibility index (Phi) is 9.29. The molecule has 0 spiro atoms. The molecule has 2 aromatic rings. The van der Waals surface area contributed by atoms with Crippen molar-refractivity contribution < 1.29 is 19.1 Å². The van der Waals surface area contributed by atoms with Gasteiger partial charge >= 0.3 is 6.09 Å². The van der Waals surface area contributed by atoms with Gasteiger partial charge in [-0.05, 0) is 36.3 Å². The molecule has 196 valence electrons. The molecule has 1 atom stereocenters. The van der Waals surface area contributed by atoms with Crippen molar-refractivity contribution in [3.8, 4) is 0 Å². The van der Waals surface area contributed by atoms with Crippen molar-refractivity contribution >= 4 is 23.7 Å². The maximum absolute atomic E-state index is 12.9. The van der Waals surface area contributed by atoms with Gasteiger partial charge < -0.3 is 20.7 Å². The van der Waals surface area contributed by atoms with E-state index in [2.05, 4.69) is 10.3 Å². The van der Waals surface area contributed by atoms with E-state index in [1.54, 1.807) is 17.0 Å².